The van der Waals surface area contributed by atoms with E-state index in [4.69, 9.17) is 0 Å². The molecule has 2 heterocycles. The zero-order valence-corrected chi connectivity index (χ0v) is 19.4. The van der Waals surface area contributed by atoms with Crippen LogP contribution in [0.2, 0.25) is 0 Å². The third kappa shape index (κ3) is 4.13. The first-order valence-corrected chi connectivity index (χ1v) is 12.7. The number of hydrogen-bond donors (Lipinski definition) is 0. The van der Waals surface area contributed by atoms with Crippen molar-refractivity contribution < 1.29 is 17.6 Å². The van der Waals surface area contributed by atoms with Crippen LogP contribution in [-0.2, 0) is 20.3 Å². The number of anilines is 1. The number of fused-ring (bicyclic) bond motifs is 1. The van der Waals surface area contributed by atoms with Crippen molar-refractivity contribution >= 4 is 32.7 Å². The number of carbonyl (C=O) groups is 1. The summed E-state index contributed by atoms with van der Waals surface area (Å²) in [7, 11) is -3.37. The number of hydrogen-bond acceptors (Lipinski definition) is 5. The van der Waals surface area contributed by atoms with E-state index in [1.54, 1.807) is 19.1 Å². The fourth-order valence-corrected chi connectivity index (χ4v) is 5.18. The number of aldehydes is 1. The molecule has 1 atom stereocenters. The van der Waals surface area contributed by atoms with E-state index >= 15 is 4.39 Å². The molecule has 168 valence electrons. The molecule has 0 radical (unpaired) electrons. The van der Waals surface area contributed by atoms with Gasteiger partial charge < -0.3 is 4.90 Å². The number of pyridine rings is 1. The molecule has 1 unspecified atom stereocenters. The quantitative estimate of drug-likeness (QED) is 0.508. The Labute approximate surface area is 188 Å². The highest BCUT2D eigenvalue weighted by atomic mass is 32.2. The van der Waals surface area contributed by atoms with E-state index in [9.17, 15) is 13.2 Å². The predicted octanol–water partition coefficient (Wildman–Crippen LogP) is 4.99. The van der Waals surface area contributed by atoms with Gasteiger partial charge in [-0.1, -0.05) is 12.1 Å². The predicted molar refractivity (Wildman–Crippen MR) is 126 cm³/mol. The van der Waals surface area contributed by atoms with Crippen LogP contribution in [0.4, 0.5) is 10.1 Å². The molecule has 0 bridgehead atoms. The number of nitrogens with zero attached hydrogens (tertiary/aromatic N) is 2. The minimum atomic E-state index is -3.37. The maximum atomic E-state index is 15.5. The maximum Gasteiger partial charge on any atom is 0.190 e. The van der Waals surface area contributed by atoms with Crippen LogP contribution in [-0.4, -0.2) is 39.0 Å². The number of halogens is 1. The first-order chi connectivity index (χ1) is 15.1. The Morgan fingerprint density at radius 3 is 2.31 bits per heavy atom. The molecule has 5 nitrogen and oxygen atoms in total. The van der Waals surface area contributed by atoms with Crippen LogP contribution in [0.15, 0.2) is 47.4 Å². The first kappa shape index (κ1) is 22.4. The topological polar surface area (TPSA) is 67.3 Å². The molecule has 1 aromatic heterocycles. The summed E-state index contributed by atoms with van der Waals surface area (Å²) in [5.74, 6) is 0. The van der Waals surface area contributed by atoms with Gasteiger partial charge in [0.05, 0.1) is 10.4 Å². The van der Waals surface area contributed by atoms with Crippen LogP contribution < -0.4 is 4.90 Å². The second kappa shape index (κ2) is 8.28. The van der Waals surface area contributed by atoms with Crippen LogP contribution in [0.1, 0.15) is 37.4 Å². The molecular weight excluding hydrogens is 427 g/mol. The molecule has 1 saturated heterocycles. The SMILES string of the molecule is Cc1nc2ccc(N3CCCCC3)cc2c(-c2ccc(S(C)(=O)=O)cc2)c1C(C)(F)C=O. The summed E-state index contributed by atoms with van der Waals surface area (Å²) in [6, 6.07) is 12.3. The van der Waals surface area contributed by atoms with Gasteiger partial charge in [0.15, 0.2) is 21.8 Å². The standard InChI is InChI=1S/C25H27FN2O3S/c1-17-24(25(2,26)16-29)23(18-7-10-20(11-8-18)32(3,30)31)21-15-19(9-12-22(21)27-17)28-13-5-4-6-14-28/h7-12,15-16H,4-6,13-14H2,1-3H3. The Balaban J connectivity index is 2.01. The second-order valence-corrected chi connectivity index (χ2v) is 10.7. The van der Waals surface area contributed by atoms with Crippen molar-refractivity contribution in [2.24, 2.45) is 0 Å². The van der Waals surface area contributed by atoms with Gasteiger partial charge in [-0.3, -0.25) is 9.78 Å². The zero-order valence-electron chi connectivity index (χ0n) is 18.6. The molecular formula is C25H27FN2O3S. The number of alkyl halides is 1. The molecule has 7 heteroatoms. The first-order valence-electron chi connectivity index (χ1n) is 10.8. The van der Waals surface area contributed by atoms with Crippen molar-refractivity contribution in [2.75, 3.05) is 24.2 Å². The molecule has 3 aromatic rings. The number of aryl methyl sites for hydroxylation is 1. The van der Waals surface area contributed by atoms with Gasteiger partial charge in [0.25, 0.3) is 0 Å². The third-order valence-electron chi connectivity index (χ3n) is 6.15. The van der Waals surface area contributed by atoms with E-state index in [0.29, 0.717) is 28.6 Å². The van der Waals surface area contributed by atoms with Crippen molar-refractivity contribution in [3.05, 3.63) is 53.7 Å². The smallest absolute Gasteiger partial charge is 0.190 e. The summed E-state index contributed by atoms with van der Waals surface area (Å²) in [4.78, 5) is 18.8. The highest BCUT2D eigenvalue weighted by molar-refractivity contribution is 7.90. The molecule has 1 aliphatic heterocycles. The van der Waals surface area contributed by atoms with Gasteiger partial charge in [-0.2, -0.15) is 0 Å². The van der Waals surface area contributed by atoms with Crippen LogP contribution in [0, 0.1) is 6.92 Å². The van der Waals surface area contributed by atoms with Crippen LogP contribution in [0.25, 0.3) is 22.0 Å². The molecule has 0 N–H and O–H groups in total. The fraction of sp³-hybridized carbons (Fsp3) is 0.360. The summed E-state index contributed by atoms with van der Waals surface area (Å²) in [5.41, 5.74) is 1.36. The molecule has 0 spiro atoms. The average molecular weight is 455 g/mol. The Hall–Kier alpha value is -2.80. The molecule has 0 saturated carbocycles. The highest BCUT2D eigenvalue weighted by Crippen LogP contribution is 2.41. The van der Waals surface area contributed by atoms with Crippen LogP contribution >= 0.6 is 0 Å². The number of benzene rings is 2. The van der Waals surface area contributed by atoms with E-state index in [0.717, 1.165) is 43.3 Å². The minimum absolute atomic E-state index is 0.185. The van der Waals surface area contributed by atoms with E-state index in [2.05, 4.69) is 9.88 Å². The molecule has 0 amide bonds. The largest absolute Gasteiger partial charge is 0.372 e. The van der Waals surface area contributed by atoms with Gasteiger partial charge in [0, 0.05) is 41.7 Å². The summed E-state index contributed by atoms with van der Waals surface area (Å²) in [6.45, 7) is 4.86. The second-order valence-electron chi connectivity index (χ2n) is 8.69. The maximum absolute atomic E-state index is 15.5. The Bertz CT molecular complexity index is 1280. The number of piperidine rings is 1. The summed E-state index contributed by atoms with van der Waals surface area (Å²) in [6.07, 6.45) is 4.92. The highest BCUT2D eigenvalue weighted by Gasteiger charge is 2.33. The van der Waals surface area contributed by atoms with Crippen LogP contribution in [0.5, 0.6) is 0 Å². The van der Waals surface area contributed by atoms with Gasteiger partial charge in [-0.15, -0.1) is 0 Å². The lowest BCUT2D eigenvalue weighted by Crippen LogP contribution is -2.29. The van der Waals surface area contributed by atoms with Gasteiger partial charge in [-0.25, -0.2) is 12.8 Å². The van der Waals surface area contributed by atoms with E-state index in [1.165, 1.54) is 25.5 Å². The molecule has 0 aliphatic carbocycles. The lowest BCUT2D eigenvalue weighted by Gasteiger charge is -2.29. The summed E-state index contributed by atoms with van der Waals surface area (Å²) in [5, 5.41) is 0.742. The van der Waals surface area contributed by atoms with Crippen molar-refractivity contribution in [3.8, 4) is 11.1 Å². The molecule has 4 rings (SSSR count). The fourth-order valence-electron chi connectivity index (χ4n) is 4.55. The summed E-state index contributed by atoms with van der Waals surface area (Å²) >= 11 is 0. The normalized spacial score (nSPS) is 16.7. The zero-order chi connectivity index (χ0) is 23.1. The van der Waals surface area contributed by atoms with Gasteiger partial charge >= 0.3 is 0 Å². The molecule has 2 aromatic carbocycles. The van der Waals surface area contributed by atoms with Crippen molar-refractivity contribution in [3.63, 3.8) is 0 Å². The van der Waals surface area contributed by atoms with Crippen molar-refractivity contribution in [1.82, 2.24) is 4.98 Å². The Kier molecular flexibility index (Phi) is 5.79. The van der Waals surface area contributed by atoms with Gasteiger partial charge in [0.2, 0.25) is 0 Å². The number of rotatable bonds is 5. The van der Waals surface area contributed by atoms with Crippen LogP contribution in [0.3, 0.4) is 0 Å². The molecule has 1 fully saturated rings. The van der Waals surface area contributed by atoms with E-state index < -0.39 is 15.5 Å². The average Bonchev–Trinajstić information content (AvgIpc) is 2.78. The van der Waals surface area contributed by atoms with E-state index in [1.807, 2.05) is 18.2 Å². The molecule has 32 heavy (non-hydrogen) atoms. The number of carbonyl (C=O) groups excluding carboxylic acids is 1. The lowest BCUT2D eigenvalue weighted by atomic mass is 9.86. The van der Waals surface area contributed by atoms with Gasteiger partial charge in [-0.05, 0) is 74.6 Å². The Morgan fingerprint density at radius 2 is 1.72 bits per heavy atom. The lowest BCUT2D eigenvalue weighted by molar-refractivity contribution is -0.117. The monoisotopic (exact) mass is 454 g/mol. The number of sulfone groups is 1. The Morgan fingerprint density at radius 1 is 1.06 bits per heavy atom. The summed E-state index contributed by atoms with van der Waals surface area (Å²) < 4.78 is 39.3. The van der Waals surface area contributed by atoms with Gasteiger partial charge in [0.1, 0.15) is 0 Å². The van der Waals surface area contributed by atoms with Crippen molar-refractivity contribution in [2.45, 2.75) is 43.7 Å². The molecule has 1 aliphatic rings. The minimum Gasteiger partial charge on any atom is -0.372 e. The number of aromatic nitrogens is 1. The van der Waals surface area contributed by atoms with Crippen molar-refractivity contribution in [1.29, 1.82) is 0 Å². The third-order valence-corrected chi connectivity index (χ3v) is 7.28. The van der Waals surface area contributed by atoms with E-state index in [-0.39, 0.29) is 10.5 Å².